The van der Waals surface area contributed by atoms with Crippen molar-refractivity contribution < 1.29 is 9.59 Å². The van der Waals surface area contributed by atoms with Crippen LogP contribution in [0.5, 0.6) is 0 Å². The zero-order valence-corrected chi connectivity index (χ0v) is 14.0. The number of thiophene rings is 1. The molecule has 1 atom stereocenters. The lowest BCUT2D eigenvalue weighted by atomic mass is 10.1. The fraction of sp³-hybridized carbons (Fsp3) is 0.600. The Balaban J connectivity index is 0.00000176. The lowest BCUT2D eigenvalue weighted by molar-refractivity contribution is -0.138. The van der Waals surface area contributed by atoms with Crippen LogP contribution in [0.25, 0.3) is 0 Å². The summed E-state index contributed by atoms with van der Waals surface area (Å²) in [5.74, 6) is 0.710. The molecular formula is C15H22ClN3O2S. The Hall–Kier alpha value is -1.11. The number of piperazine rings is 1. The Labute approximate surface area is 140 Å². The second-order valence-electron chi connectivity index (χ2n) is 5.79. The predicted octanol–water partition coefficient (Wildman–Crippen LogP) is 1.39. The van der Waals surface area contributed by atoms with E-state index in [0.717, 1.165) is 24.5 Å². The number of hydrogen-bond acceptors (Lipinski definition) is 4. The molecule has 0 radical (unpaired) electrons. The van der Waals surface area contributed by atoms with Gasteiger partial charge in [-0.2, -0.15) is 0 Å². The van der Waals surface area contributed by atoms with Crippen LogP contribution in [0.2, 0.25) is 0 Å². The molecule has 1 aliphatic heterocycles. The van der Waals surface area contributed by atoms with Gasteiger partial charge in [-0.15, -0.1) is 23.7 Å². The minimum Gasteiger partial charge on any atom is -0.351 e. The lowest BCUT2D eigenvalue weighted by Crippen LogP contribution is -2.56. The molecule has 2 aliphatic rings. The van der Waals surface area contributed by atoms with E-state index in [9.17, 15) is 9.59 Å². The van der Waals surface area contributed by atoms with Crippen molar-refractivity contribution in [1.29, 1.82) is 0 Å². The molecular weight excluding hydrogens is 322 g/mol. The second kappa shape index (κ2) is 7.94. The molecule has 2 N–H and O–H groups in total. The first-order chi connectivity index (χ1) is 10.2. The van der Waals surface area contributed by atoms with Gasteiger partial charge >= 0.3 is 0 Å². The maximum absolute atomic E-state index is 12.3. The molecule has 0 bridgehead atoms. The molecule has 1 saturated carbocycles. The molecule has 5 nitrogen and oxygen atoms in total. The number of amides is 2. The molecule has 0 aromatic carbocycles. The van der Waals surface area contributed by atoms with Crippen molar-refractivity contribution >= 4 is 35.6 Å². The highest BCUT2D eigenvalue weighted by Crippen LogP contribution is 2.30. The molecule has 122 valence electrons. The third kappa shape index (κ3) is 4.69. The highest BCUT2D eigenvalue weighted by Gasteiger charge is 2.33. The van der Waals surface area contributed by atoms with Crippen LogP contribution >= 0.6 is 23.7 Å². The van der Waals surface area contributed by atoms with Crippen molar-refractivity contribution in [2.24, 2.45) is 5.92 Å². The van der Waals surface area contributed by atoms with Gasteiger partial charge in [0.15, 0.2) is 0 Å². The maximum atomic E-state index is 12.3. The van der Waals surface area contributed by atoms with E-state index in [4.69, 9.17) is 0 Å². The van der Waals surface area contributed by atoms with Crippen LogP contribution in [0.1, 0.15) is 24.1 Å². The van der Waals surface area contributed by atoms with E-state index in [1.165, 1.54) is 12.8 Å². The molecule has 7 heteroatoms. The van der Waals surface area contributed by atoms with E-state index in [0.29, 0.717) is 12.5 Å². The molecule has 2 fully saturated rings. The van der Waals surface area contributed by atoms with Crippen molar-refractivity contribution in [3.8, 4) is 0 Å². The number of carbonyl (C=O) groups excluding carboxylic acids is 2. The zero-order valence-electron chi connectivity index (χ0n) is 12.4. The Kier molecular flexibility index (Phi) is 6.23. The zero-order chi connectivity index (χ0) is 14.7. The van der Waals surface area contributed by atoms with Crippen molar-refractivity contribution in [2.45, 2.75) is 31.8 Å². The third-order valence-corrected chi connectivity index (χ3v) is 4.86. The summed E-state index contributed by atoms with van der Waals surface area (Å²) >= 11 is 1.62. The van der Waals surface area contributed by atoms with E-state index in [1.54, 1.807) is 11.3 Å². The maximum Gasteiger partial charge on any atom is 0.240 e. The Morgan fingerprint density at radius 2 is 2.27 bits per heavy atom. The van der Waals surface area contributed by atoms with Gasteiger partial charge in [-0.3, -0.25) is 9.59 Å². The summed E-state index contributed by atoms with van der Waals surface area (Å²) in [6.07, 6.45) is 2.71. The minimum absolute atomic E-state index is 0. The van der Waals surface area contributed by atoms with Crippen LogP contribution < -0.4 is 10.6 Å². The monoisotopic (exact) mass is 343 g/mol. The number of nitrogens with zero attached hydrogens (tertiary/aromatic N) is 1. The molecule has 1 aromatic heterocycles. The summed E-state index contributed by atoms with van der Waals surface area (Å²) in [7, 11) is 0. The molecule has 3 rings (SSSR count). The fourth-order valence-corrected chi connectivity index (χ4v) is 3.25. The molecule has 22 heavy (non-hydrogen) atoms. The first kappa shape index (κ1) is 17.2. The average Bonchev–Trinajstić information content (AvgIpc) is 3.13. The molecule has 1 aromatic rings. The van der Waals surface area contributed by atoms with Crippen LogP contribution in [0.4, 0.5) is 0 Å². The van der Waals surface area contributed by atoms with Gasteiger partial charge in [0.25, 0.3) is 0 Å². The number of rotatable bonds is 6. The van der Waals surface area contributed by atoms with Gasteiger partial charge < -0.3 is 15.5 Å². The average molecular weight is 344 g/mol. The smallest absolute Gasteiger partial charge is 0.240 e. The quantitative estimate of drug-likeness (QED) is 0.820. The second-order valence-corrected chi connectivity index (χ2v) is 6.83. The van der Waals surface area contributed by atoms with E-state index < -0.39 is 0 Å². The lowest BCUT2D eigenvalue weighted by Gasteiger charge is -2.33. The van der Waals surface area contributed by atoms with Crippen molar-refractivity contribution in [3.63, 3.8) is 0 Å². The normalized spacial score (nSPS) is 21.4. The first-order valence-electron chi connectivity index (χ1n) is 7.53. The summed E-state index contributed by atoms with van der Waals surface area (Å²) in [5.41, 5.74) is 0. The van der Waals surface area contributed by atoms with Crippen LogP contribution in [0.3, 0.4) is 0 Å². The van der Waals surface area contributed by atoms with Gasteiger partial charge in [0, 0.05) is 24.5 Å². The molecule has 2 heterocycles. The van der Waals surface area contributed by atoms with Gasteiger partial charge in [0.2, 0.25) is 11.8 Å². The molecule has 0 spiro atoms. The SMILES string of the molecule is Cl.O=C(CC1NCCN(CC2CC2)C1=O)NCc1cccs1. The highest BCUT2D eigenvalue weighted by atomic mass is 35.5. The van der Waals surface area contributed by atoms with Crippen LogP contribution in [0, 0.1) is 5.92 Å². The molecule has 1 aliphatic carbocycles. The highest BCUT2D eigenvalue weighted by molar-refractivity contribution is 7.09. The fourth-order valence-electron chi connectivity index (χ4n) is 2.60. The summed E-state index contributed by atoms with van der Waals surface area (Å²) in [5, 5.41) is 8.04. The van der Waals surface area contributed by atoms with E-state index in [1.807, 2.05) is 22.4 Å². The van der Waals surface area contributed by atoms with Gasteiger partial charge in [-0.25, -0.2) is 0 Å². The minimum atomic E-state index is -0.360. The molecule has 2 amide bonds. The number of hydrogen-bond donors (Lipinski definition) is 2. The Morgan fingerprint density at radius 3 is 2.95 bits per heavy atom. The molecule has 1 unspecified atom stereocenters. The summed E-state index contributed by atoms with van der Waals surface area (Å²) in [6.45, 7) is 2.96. The summed E-state index contributed by atoms with van der Waals surface area (Å²) in [6, 6.07) is 3.60. The van der Waals surface area contributed by atoms with Crippen LogP contribution in [0.15, 0.2) is 17.5 Å². The van der Waals surface area contributed by atoms with Crippen molar-refractivity contribution in [3.05, 3.63) is 22.4 Å². The Bertz CT molecular complexity index is 505. The van der Waals surface area contributed by atoms with Gasteiger partial charge in [-0.1, -0.05) is 6.07 Å². The number of halogens is 1. The van der Waals surface area contributed by atoms with E-state index in [-0.39, 0.29) is 36.7 Å². The predicted molar refractivity (Wildman–Crippen MR) is 89.1 cm³/mol. The Morgan fingerprint density at radius 1 is 1.45 bits per heavy atom. The third-order valence-electron chi connectivity index (χ3n) is 3.99. The van der Waals surface area contributed by atoms with Gasteiger partial charge in [0.1, 0.15) is 0 Å². The van der Waals surface area contributed by atoms with E-state index >= 15 is 0 Å². The first-order valence-corrected chi connectivity index (χ1v) is 8.41. The standard InChI is InChI=1S/C15H21N3O2S.ClH/c19-14(17-9-12-2-1-7-21-12)8-13-15(20)18(6-5-16-13)10-11-3-4-11;/h1-2,7,11,13,16H,3-6,8-10H2,(H,17,19);1H. The van der Waals surface area contributed by atoms with E-state index in [2.05, 4.69) is 10.6 Å². The van der Waals surface area contributed by atoms with Gasteiger partial charge in [-0.05, 0) is 30.2 Å². The van der Waals surface area contributed by atoms with Crippen LogP contribution in [-0.2, 0) is 16.1 Å². The topological polar surface area (TPSA) is 61.4 Å². The van der Waals surface area contributed by atoms with Crippen molar-refractivity contribution in [1.82, 2.24) is 15.5 Å². The van der Waals surface area contributed by atoms with Gasteiger partial charge in [0.05, 0.1) is 19.0 Å². The largest absolute Gasteiger partial charge is 0.351 e. The van der Waals surface area contributed by atoms with Crippen LogP contribution in [-0.4, -0.2) is 42.4 Å². The number of nitrogens with one attached hydrogen (secondary N) is 2. The number of carbonyl (C=O) groups is 2. The summed E-state index contributed by atoms with van der Waals surface area (Å²) in [4.78, 5) is 27.4. The molecule has 1 saturated heterocycles. The summed E-state index contributed by atoms with van der Waals surface area (Å²) < 4.78 is 0. The van der Waals surface area contributed by atoms with Crippen molar-refractivity contribution in [2.75, 3.05) is 19.6 Å².